The van der Waals surface area contributed by atoms with Crippen molar-refractivity contribution in [3.05, 3.63) is 54.1 Å². The van der Waals surface area contributed by atoms with Gasteiger partial charge in [-0.2, -0.15) is 0 Å². The molecule has 0 bridgehead atoms. The average Bonchev–Trinajstić information content (AvgIpc) is 2.57. The Morgan fingerprint density at radius 1 is 0.923 bits per heavy atom. The number of amides is 4. The summed E-state index contributed by atoms with van der Waals surface area (Å²) in [5.41, 5.74) is 12.8. The van der Waals surface area contributed by atoms with E-state index >= 15 is 0 Å². The van der Waals surface area contributed by atoms with Crippen LogP contribution < -0.4 is 27.4 Å². The first kappa shape index (κ1) is 18.6. The summed E-state index contributed by atoms with van der Waals surface area (Å²) in [6.07, 6.45) is 0.0708. The van der Waals surface area contributed by atoms with Crippen LogP contribution in [0, 0.1) is 0 Å². The van der Waals surface area contributed by atoms with Gasteiger partial charge >= 0.3 is 18.0 Å². The largest absolute Gasteiger partial charge is 0.480 e. The summed E-state index contributed by atoms with van der Waals surface area (Å²) in [7, 11) is 0. The lowest BCUT2D eigenvalue weighted by molar-refractivity contribution is -0.139. The number of rotatable bonds is 6. The molecule has 0 fully saturated rings. The number of aliphatic carboxylic acids is 1. The van der Waals surface area contributed by atoms with Crippen LogP contribution in [-0.2, 0) is 11.2 Å². The molecule has 2 aromatic rings. The van der Waals surface area contributed by atoms with E-state index in [0.717, 1.165) is 0 Å². The number of hydrogen-bond acceptors (Lipinski definition) is 4. The Bertz CT molecular complexity index is 790. The van der Waals surface area contributed by atoms with Gasteiger partial charge in [-0.1, -0.05) is 12.1 Å². The molecule has 2 rings (SSSR count). The van der Waals surface area contributed by atoms with Crippen LogP contribution in [0.4, 0.5) is 26.7 Å². The van der Waals surface area contributed by atoms with Crippen LogP contribution in [0.3, 0.4) is 0 Å². The molecule has 8 N–H and O–H groups in total. The summed E-state index contributed by atoms with van der Waals surface area (Å²) in [5, 5.41) is 16.7. The van der Waals surface area contributed by atoms with Gasteiger partial charge in [-0.25, -0.2) is 14.4 Å². The van der Waals surface area contributed by atoms with Crippen molar-refractivity contribution in [1.29, 1.82) is 0 Å². The summed E-state index contributed by atoms with van der Waals surface area (Å²) in [6.45, 7) is 0. The zero-order valence-electron chi connectivity index (χ0n) is 13.7. The molecule has 4 amide bonds. The van der Waals surface area contributed by atoms with E-state index in [4.69, 9.17) is 11.5 Å². The maximum absolute atomic E-state index is 12.0. The highest BCUT2D eigenvalue weighted by molar-refractivity contribution is 5.92. The lowest BCUT2D eigenvalue weighted by Gasteiger charge is -2.15. The Morgan fingerprint density at radius 3 is 2.00 bits per heavy atom. The number of benzene rings is 2. The van der Waals surface area contributed by atoms with Crippen molar-refractivity contribution >= 4 is 35.1 Å². The number of nitrogen functional groups attached to an aromatic ring is 1. The molecule has 0 heterocycles. The van der Waals surface area contributed by atoms with Gasteiger partial charge in [0.25, 0.3) is 0 Å². The Labute approximate surface area is 149 Å². The molecule has 26 heavy (non-hydrogen) atoms. The molecule has 0 saturated heterocycles. The Morgan fingerprint density at radius 2 is 1.46 bits per heavy atom. The minimum Gasteiger partial charge on any atom is -0.480 e. The molecule has 9 heteroatoms. The van der Waals surface area contributed by atoms with Crippen molar-refractivity contribution in [2.45, 2.75) is 12.5 Å². The molecular weight excluding hydrogens is 338 g/mol. The number of carboxylic acid groups (broad SMARTS) is 1. The summed E-state index contributed by atoms with van der Waals surface area (Å²) in [4.78, 5) is 34.2. The van der Waals surface area contributed by atoms with Crippen LogP contribution in [0.25, 0.3) is 0 Å². The predicted octanol–water partition coefficient (Wildman–Crippen LogP) is 1.58. The van der Waals surface area contributed by atoms with E-state index in [1.165, 1.54) is 0 Å². The zero-order valence-corrected chi connectivity index (χ0v) is 13.7. The second-order valence-corrected chi connectivity index (χ2v) is 5.50. The van der Waals surface area contributed by atoms with Crippen molar-refractivity contribution < 1.29 is 19.5 Å². The van der Waals surface area contributed by atoms with Crippen LogP contribution in [0.15, 0.2) is 48.5 Å². The first-order valence-corrected chi connectivity index (χ1v) is 7.65. The second-order valence-electron chi connectivity index (χ2n) is 5.50. The highest BCUT2D eigenvalue weighted by atomic mass is 16.4. The van der Waals surface area contributed by atoms with E-state index < -0.39 is 24.1 Å². The Kier molecular flexibility index (Phi) is 5.99. The minimum absolute atomic E-state index is 0.0708. The molecule has 9 nitrogen and oxygen atoms in total. The van der Waals surface area contributed by atoms with Gasteiger partial charge in [0.2, 0.25) is 0 Å². The lowest BCUT2D eigenvalue weighted by Crippen LogP contribution is -2.44. The highest BCUT2D eigenvalue weighted by Gasteiger charge is 2.20. The third-order valence-corrected chi connectivity index (χ3v) is 3.43. The van der Waals surface area contributed by atoms with Gasteiger partial charge in [-0.15, -0.1) is 0 Å². The molecular formula is C17H19N5O4. The first-order chi connectivity index (χ1) is 12.3. The maximum Gasteiger partial charge on any atom is 0.326 e. The number of anilines is 3. The molecule has 0 aromatic heterocycles. The molecule has 136 valence electrons. The quantitative estimate of drug-likeness (QED) is 0.432. The average molecular weight is 357 g/mol. The highest BCUT2D eigenvalue weighted by Crippen LogP contribution is 2.12. The molecule has 0 aliphatic rings. The van der Waals surface area contributed by atoms with Gasteiger partial charge < -0.3 is 32.5 Å². The van der Waals surface area contributed by atoms with Crippen LogP contribution in [-0.4, -0.2) is 29.2 Å². The van der Waals surface area contributed by atoms with E-state index in [-0.39, 0.29) is 6.42 Å². The number of carbonyl (C=O) groups is 3. The fourth-order valence-corrected chi connectivity index (χ4v) is 2.19. The summed E-state index contributed by atoms with van der Waals surface area (Å²) < 4.78 is 0. The number of carbonyl (C=O) groups excluding carboxylic acids is 2. The third-order valence-electron chi connectivity index (χ3n) is 3.43. The SMILES string of the molecule is NC(=O)Nc1ccc(C[C@H](NC(=O)Nc2ccc(N)cc2)C(=O)O)cc1. The smallest absolute Gasteiger partial charge is 0.326 e. The van der Waals surface area contributed by atoms with Crippen LogP contribution >= 0.6 is 0 Å². The van der Waals surface area contributed by atoms with Gasteiger partial charge in [0.05, 0.1) is 0 Å². The molecule has 0 radical (unpaired) electrons. The molecule has 0 spiro atoms. The van der Waals surface area contributed by atoms with Gasteiger partial charge in [-0.3, -0.25) is 0 Å². The standard InChI is InChI=1S/C17H19N5O4/c18-11-3-7-13(8-4-11)21-17(26)22-14(15(23)24)9-10-1-5-12(6-2-10)20-16(19)25/h1-8,14H,9,18H2,(H,23,24)(H3,19,20,25)(H2,21,22,26)/t14-/m0/s1. The van der Waals surface area contributed by atoms with E-state index in [0.29, 0.717) is 22.6 Å². The summed E-state index contributed by atoms with van der Waals surface area (Å²) in [6, 6.07) is 10.4. The molecule has 0 aliphatic heterocycles. The van der Waals surface area contributed by atoms with Crippen LogP contribution in [0.1, 0.15) is 5.56 Å². The predicted molar refractivity (Wildman–Crippen MR) is 97.8 cm³/mol. The van der Waals surface area contributed by atoms with Crippen molar-refractivity contribution in [2.75, 3.05) is 16.4 Å². The molecule has 0 unspecified atom stereocenters. The van der Waals surface area contributed by atoms with Crippen molar-refractivity contribution in [1.82, 2.24) is 5.32 Å². The number of urea groups is 2. The van der Waals surface area contributed by atoms with Crippen molar-refractivity contribution in [3.8, 4) is 0 Å². The first-order valence-electron chi connectivity index (χ1n) is 7.65. The van der Waals surface area contributed by atoms with Gasteiger partial charge in [-0.05, 0) is 42.0 Å². The van der Waals surface area contributed by atoms with Crippen molar-refractivity contribution in [2.24, 2.45) is 5.73 Å². The second kappa shape index (κ2) is 8.38. The number of nitrogens with two attached hydrogens (primary N) is 2. The zero-order chi connectivity index (χ0) is 19.1. The van der Waals surface area contributed by atoms with Gasteiger partial charge in [0, 0.05) is 23.5 Å². The Balaban J connectivity index is 1.97. The fraction of sp³-hybridized carbons (Fsp3) is 0.118. The van der Waals surface area contributed by atoms with Gasteiger partial charge in [0.1, 0.15) is 6.04 Å². The normalized spacial score (nSPS) is 11.2. The van der Waals surface area contributed by atoms with E-state index in [1.807, 2.05) is 0 Å². The molecule has 2 aromatic carbocycles. The molecule has 1 atom stereocenters. The van der Waals surface area contributed by atoms with E-state index in [1.54, 1.807) is 48.5 Å². The number of primary amides is 1. The molecule has 0 aliphatic carbocycles. The van der Waals surface area contributed by atoms with Crippen LogP contribution in [0.2, 0.25) is 0 Å². The number of nitrogens with one attached hydrogen (secondary N) is 3. The van der Waals surface area contributed by atoms with Crippen LogP contribution in [0.5, 0.6) is 0 Å². The molecule has 0 saturated carbocycles. The monoisotopic (exact) mass is 357 g/mol. The van der Waals surface area contributed by atoms with E-state index in [2.05, 4.69) is 16.0 Å². The topological polar surface area (TPSA) is 160 Å². The van der Waals surface area contributed by atoms with Crippen molar-refractivity contribution in [3.63, 3.8) is 0 Å². The minimum atomic E-state index is -1.17. The third kappa shape index (κ3) is 5.71. The van der Waals surface area contributed by atoms with Gasteiger partial charge in [0.15, 0.2) is 0 Å². The number of hydrogen-bond donors (Lipinski definition) is 6. The van der Waals surface area contributed by atoms with E-state index in [9.17, 15) is 19.5 Å². The fourth-order valence-electron chi connectivity index (χ4n) is 2.19. The summed E-state index contributed by atoms with van der Waals surface area (Å²) in [5.74, 6) is -1.17. The Hall–Kier alpha value is -3.75. The maximum atomic E-state index is 12.0. The summed E-state index contributed by atoms with van der Waals surface area (Å²) >= 11 is 0. The number of carboxylic acids is 1. The lowest BCUT2D eigenvalue weighted by atomic mass is 10.1.